The van der Waals surface area contributed by atoms with Crippen molar-refractivity contribution in [3.63, 3.8) is 0 Å². The van der Waals surface area contributed by atoms with Crippen LogP contribution in [0.5, 0.6) is 0 Å². The molecule has 0 aromatic heterocycles. The molecule has 70 valence electrons. The van der Waals surface area contributed by atoms with E-state index in [1.807, 2.05) is 39.0 Å². The third-order valence-electron chi connectivity index (χ3n) is 1.25. The molecule has 0 aliphatic carbocycles. The molecule has 1 heterocycles. The molecule has 1 aliphatic rings. The monoisotopic (exact) mass is 317 g/mol. The summed E-state index contributed by atoms with van der Waals surface area (Å²) in [5.74, 6) is 0. The van der Waals surface area contributed by atoms with E-state index in [0.717, 1.165) is 5.17 Å². The maximum atomic E-state index is 4.52. The Balaban J connectivity index is 2.79. The minimum atomic E-state index is 0.192. The SMILES string of the molecule is CN(C)C1=NC(N(C)C)=S(I)S1. The Morgan fingerprint density at radius 3 is 2.08 bits per heavy atom. The molecule has 0 radical (unpaired) electrons. The number of hydrogen-bond acceptors (Lipinski definition) is 4. The summed E-state index contributed by atoms with van der Waals surface area (Å²) >= 11 is 2.43. The second kappa shape index (κ2) is 4.30. The van der Waals surface area contributed by atoms with Gasteiger partial charge in [-0.25, -0.2) is 4.99 Å². The molecule has 0 aromatic rings. The summed E-state index contributed by atoms with van der Waals surface area (Å²) in [7, 11) is 9.95. The molecule has 0 N–H and O–H groups in total. The van der Waals surface area contributed by atoms with E-state index < -0.39 is 0 Å². The van der Waals surface area contributed by atoms with Gasteiger partial charge in [0.2, 0.25) is 0 Å². The summed E-state index contributed by atoms with van der Waals surface area (Å²) in [6, 6.07) is 0. The van der Waals surface area contributed by atoms with E-state index in [4.69, 9.17) is 0 Å². The van der Waals surface area contributed by atoms with E-state index in [-0.39, 0.29) is 6.69 Å². The lowest BCUT2D eigenvalue weighted by Gasteiger charge is -2.09. The third-order valence-corrected chi connectivity index (χ3v) is 6.88. The van der Waals surface area contributed by atoms with Gasteiger partial charge >= 0.3 is 0 Å². The Morgan fingerprint density at radius 1 is 1.25 bits per heavy atom. The maximum absolute atomic E-state index is 4.52. The Bertz CT molecular complexity index is 247. The number of amidine groups is 1. The molecular weight excluding hydrogens is 305 g/mol. The van der Waals surface area contributed by atoms with Crippen LogP contribution < -0.4 is 0 Å². The van der Waals surface area contributed by atoms with Crippen molar-refractivity contribution in [1.29, 1.82) is 0 Å². The Labute approximate surface area is 91.5 Å². The summed E-state index contributed by atoms with van der Waals surface area (Å²) in [6.45, 7) is 0.192. The molecule has 0 amide bonds. The molecule has 1 atom stereocenters. The number of rotatable bonds is 0. The van der Waals surface area contributed by atoms with Crippen LogP contribution in [0.25, 0.3) is 0 Å². The molecule has 12 heavy (non-hydrogen) atoms. The summed E-state index contributed by atoms with van der Waals surface area (Å²) in [5.41, 5.74) is 0. The zero-order chi connectivity index (χ0) is 9.30. The highest BCUT2D eigenvalue weighted by Gasteiger charge is 2.18. The van der Waals surface area contributed by atoms with Gasteiger partial charge in [0.25, 0.3) is 0 Å². The van der Waals surface area contributed by atoms with Gasteiger partial charge in [0.1, 0.15) is 0 Å². The minimum Gasteiger partial charge on any atom is -0.357 e. The lowest BCUT2D eigenvalue weighted by atomic mass is 10.8. The van der Waals surface area contributed by atoms with Crippen molar-refractivity contribution >= 4 is 49.0 Å². The number of hydrogen-bond donors (Lipinski definition) is 0. The van der Waals surface area contributed by atoms with Gasteiger partial charge in [0.05, 0.1) is 0 Å². The molecule has 6 heteroatoms. The van der Waals surface area contributed by atoms with Crippen LogP contribution in [0, 0.1) is 0 Å². The Morgan fingerprint density at radius 2 is 1.83 bits per heavy atom. The summed E-state index contributed by atoms with van der Waals surface area (Å²) in [6.07, 6.45) is 0. The molecule has 0 aromatic carbocycles. The zero-order valence-corrected chi connectivity index (χ0v) is 11.3. The summed E-state index contributed by atoms with van der Waals surface area (Å²) in [4.78, 5) is 8.66. The molecular formula is C6H12IN3S2. The highest BCUT2D eigenvalue weighted by Crippen LogP contribution is 2.45. The van der Waals surface area contributed by atoms with Crippen LogP contribution in [-0.2, 0) is 0 Å². The standard InChI is InChI=1S/C6H12IN3S2/c1-9(2)5-8-6(10(3)4)12(7)11-5/h1-4H3. The van der Waals surface area contributed by atoms with Gasteiger partial charge in [0, 0.05) is 35.3 Å². The van der Waals surface area contributed by atoms with Crippen LogP contribution in [-0.4, -0.2) is 48.3 Å². The zero-order valence-electron chi connectivity index (χ0n) is 7.54. The topological polar surface area (TPSA) is 18.8 Å². The quantitative estimate of drug-likeness (QED) is 0.386. The fourth-order valence-electron chi connectivity index (χ4n) is 0.657. The van der Waals surface area contributed by atoms with Crippen molar-refractivity contribution < 1.29 is 0 Å². The number of aliphatic imine (C=N–C) groups is 1. The van der Waals surface area contributed by atoms with E-state index in [1.54, 1.807) is 0 Å². The second-order valence-corrected chi connectivity index (χ2v) is 10.1. The first kappa shape index (κ1) is 10.8. The second-order valence-electron chi connectivity index (χ2n) is 2.77. The van der Waals surface area contributed by atoms with Crippen LogP contribution >= 0.6 is 38.7 Å². The number of halogens is 1. The van der Waals surface area contributed by atoms with Crippen LogP contribution in [0.1, 0.15) is 0 Å². The van der Waals surface area contributed by atoms with Gasteiger partial charge in [-0.1, -0.05) is 0 Å². The molecule has 0 fully saturated rings. The van der Waals surface area contributed by atoms with Crippen molar-refractivity contribution in [3.05, 3.63) is 0 Å². The van der Waals surface area contributed by atoms with Crippen molar-refractivity contribution in [2.75, 3.05) is 28.2 Å². The predicted octanol–water partition coefficient (Wildman–Crippen LogP) is 1.83. The van der Waals surface area contributed by atoms with Gasteiger partial charge in [-0.05, 0) is 31.6 Å². The molecule has 1 aliphatic heterocycles. The van der Waals surface area contributed by atoms with Gasteiger partial charge in [-0.15, -0.1) is 0 Å². The largest absolute Gasteiger partial charge is 0.357 e. The van der Waals surface area contributed by atoms with Crippen LogP contribution in [0.3, 0.4) is 0 Å². The van der Waals surface area contributed by atoms with E-state index in [9.17, 15) is 0 Å². The number of nitrogens with zero attached hydrogens (tertiary/aromatic N) is 3. The highest BCUT2D eigenvalue weighted by molar-refractivity contribution is 14.2. The molecule has 0 spiro atoms. The fourth-order valence-corrected chi connectivity index (χ4v) is 6.30. The molecule has 3 nitrogen and oxygen atoms in total. The van der Waals surface area contributed by atoms with Gasteiger partial charge < -0.3 is 4.90 Å². The van der Waals surface area contributed by atoms with Gasteiger partial charge in [-0.3, -0.25) is 4.90 Å². The van der Waals surface area contributed by atoms with E-state index in [1.165, 1.54) is 5.11 Å². The van der Waals surface area contributed by atoms with Crippen LogP contribution in [0.2, 0.25) is 0 Å². The van der Waals surface area contributed by atoms with E-state index >= 15 is 0 Å². The summed E-state index contributed by atoms with van der Waals surface area (Å²) in [5, 5.41) is 2.28. The normalized spacial score (nSPS) is 23.3. The highest BCUT2D eigenvalue weighted by atomic mass is 127. The van der Waals surface area contributed by atoms with E-state index in [0.29, 0.717) is 0 Å². The van der Waals surface area contributed by atoms with Gasteiger partial charge in [0.15, 0.2) is 10.3 Å². The van der Waals surface area contributed by atoms with Crippen LogP contribution in [0.4, 0.5) is 0 Å². The molecule has 1 unspecified atom stereocenters. The van der Waals surface area contributed by atoms with Crippen LogP contribution in [0.15, 0.2) is 4.99 Å². The van der Waals surface area contributed by atoms with Crippen molar-refractivity contribution in [2.24, 2.45) is 4.99 Å². The van der Waals surface area contributed by atoms with Crippen molar-refractivity contribution in [3.8, 4) is 0 Å². The molecule has 0 bridgehead atoms. The fraction of sp³-hybridized carbons (Fsp3) is 0.667. The first-order valence-electron chi connectivity index (χ1n) is 3.41. The first-order chi connectivity index (χ1) is 5.52. The van der Waals surface area contributed by atoms with Crippen molar-refractivity contribution in [1.82, 2.24) is 9.80 Å². The lowest BCUT2D eigenvalue weighted by Crippen LogP contribution is -2.21. The smallest absolute Gasteiger partial charge is 0.176 e. The van der Waals surface area contributed by atoms with Crippen molar-refractivity contribution in [2.45, 2.75) is 0 Å². The van der Waals surface area contributed by atoms with E-state index in [2.05, 4.69) is 36.0 Å². The predicted molar refractivity (Wildman–Crippen MR) is 69.0 cm³/mol. The average Bonchev–Trinajstić information content (AvgIpc) is 2.30. The van der Waals surface area contributed by atoms with Gasteiger partial charge in [-0.2, -0.15) is 0 Å². The molecule has 1 rings (SSSR count). The Kier molecular flexibility index (Phi) is 3.87. The third kappa shape index (κ3) is 2.36. The molecule has 0 saturated carbocycles. The lowest BCUT2D eigenvalue weighted by molar-refractivity contribution is 0.616. The Hall–Kier alpha value is 0.730. The average molecular weight is 317 g/mol. The minimum absolute atomic E-state index is 0.192. The first-order valence-corrected chi connectivity index (χ1v) is 8.51. The summed E-state index contributed by atoms with van der Waals surface area (Å²) < 4.78 is 0. The molecule has 0 saturated heterocycles. The maximum Gasteiger partial charge on any atom is 0.176 e.